The molecule has 5 rings (SSSR count). The van der Waals surface area contributed by atoms with Crippen molar-refractivity contribution < 1.29 is 23.2 Å². The number of aliphatic hydroxyl groups is 1. The van der Waals surface area contributed by atoms with Crippen molar-refractivity contribution in [2.75, 3.05) is 76.2 Å². The van der Waals surface area contributed by atoms with Gasteiger partial charge in [0.15, 0.2) is 4.90 Å². The van der Waals surface area contributed by atoms with Crippen LogP contribution in [0.15, 0.2) is 53.4 Å². The molecule has 1 aromatic heterocycles. The van der Waals surface area contributed by atoms with Gasteiger partial charge in [0.1, 0.15) is 5.82 Å². The summed E-state index contributed by atoms with van der Waals surface area (Å²) in [7, 11) is -2.42. The lowest BCUT2D eigenvalue weighted by Crippen LogP contribution is -2.49. The Morgan fingerprint density at radius 1 is 1.09 bits per heavy atom. The number of aliphatic hydroxyl groups excluding tert-OH is 1. The average molecular weight is 626 g/mol. The lowest BCUT2D eigenvalue weighted by molar-refractivity contribution is -0.387. The number of aryl methyl sites for hydroxylation is 1. The Kier molecular flexibility index (Phi) is 9.75. The summed E-state index contributed by atoms with van der Waals surface area (Å²) < 4.78 is 28.8. The first-order valence-electron chi connectivity index (χ1n) is 14.8. The highest BCUT2D eigenvalue weighted by Crippen LogP contribution is 2.31. The molecule has 0 saturated carbocycles. The molecule has 2 aliphatic heterocycles. The predicted octanol–water partition coefficient (Wildman–Crippen LogP) is 2.29. The van der Waals surface area contributed by atoms with Crippen LogP contribution in [-0.4, -0.2) is 115 Å². The van der Waals surface area contributed by atoms with E-state index in [0.29, 0.717) is 38.2 Å². The van der Waals surface area contributed by atoms with Crippen LogP contribution in [0.2, 0.25) is 0 Å². The molecule has 3 aromatic rings. The van der Waals surface area contributed by atoms with Gasteiger partial charge in [0.2, 0.25) is 5.91 Å². The second kappa shape index (κ2) is 13.5. The minimum absolute atomic E-state index is 0.147. The van der Waals surface area contributed by atoms with E-state index >= 15 is 0 Å². The van der Waals surface area contributed by atoms with Crippen LogP contribution < -0.4 is 10.2 Å². The standard InChI is InChI=1S/C30H39N7O6S/c1-22-19-29(35-15-13-34(14-16-35)17-18-38)32-26-8-7-23(20-25(22)26)31-30(39)21-36(24-9-11-33(2)12-10-24)44(42,43)28-6-4-3-5-27(28)37(40)41/h3-8,19-20,24,38H,9-18,21H2,1-2H3,(H,31,39). The van der Waals surface area contributed by atoms with Gasteiger partial charge in [-0.2, -0.15) is 4.31 Å². The SMILES string of the molecule is Cc1cc(N2CCN(CCO)CC2)nc2ccc(NC(=O)CN(C3CCN(C)CC3)S(=O)(=O)c3ccccc3[N+](=O)[O-])cc12. The number of piperazine rings is 1. The molecule has 2 aliphatic rings. The third-order valence-electron chi connectivity index (χ3n) is 8.44. The van der Waals surface area contributed by atoms with E-state index in [9.17, 15) is 28.4 Å². The van der Waals surface area contributed by atoms with Gasteiger partial charge < -0.3 is 20.2 Å². The number of nitrogens with one attached hydrogen (secondary N) is 1. The molecule has 1 amide bonds. The number of anilines is 2. The van der Waals surface area contributed by atoms with Crippen LogP contribution in [0.5, 0.6) is 0 Å². The maximum absolute atomic E-state index is 13.9. The van der Waals surface area contributed by atoms with Crippen molar-refractivity contribution in [2.24, 2.45) is 0 Å². The summed E-state index contributed by atoms with van der Waals surface area (Å²) in [6.45, 7) is 6.96. The minimum Gasteiger partial charge on any atom is -0.395 e. The Morgan fingerprint density at radius 2 is 1.80 bits per heavy atom. The number of amides is 1. The van der Waals surface area contributed by atoms with Crippen LogP contribution in [0.3, 0.4) is 0 Å². The second-order valence-electron chi connectivity index (χ2n) is 11.4. The van der Waals surface area contributed by atoms with Crippen molar-refractivity contribution in [1.29, 1.82) is 0 Å². The molecule has 2 aromatic carbocycles. The summed E-state index contributed by atoms with van der Waals surface area (Å²) in [6.07, 6.45) is 1.01. The molecule has 3 heterocycles. The van der Waals surface area contributed by atoms with Crippen molar-refractivity contribution in [3.8, 4) is 0 Å². The van der Waals surface area contributed by atoms with Crippen LogP contribution in [0.1, 0.15) is 18.4 Å². The smallest absolute Gasteiger partial charge is 0.289 e. The molecular formula is C30H39N7O6S. The summed E-state index contributed by atoms with van der Waals surface area (Å²) in [6, 6.07) is 12.2. The molecule has 0 bridgehead atoms. The molecule has 0 radical (unpaired) electrons. The summed E-state index contributed by atoms with van der Waals surface area (Å²) in [5.74, 6) is 0.345. The summed E-state index contributed by atoms with van der Waals surface area (Å²) in [5.41, 5.74) is 1.76. The summed E-state index contributed by atoms with van der Waals surface area (Å²) in [4.78, 5) is 35.3. The molecular weight excluding hydrogens is 586 g/mol. The molecule has 0 atom stereocenters. The molecule has 2 N–H and O–H groups in total. The Hall–Kier alpha value is -3.69. The zero-order chi connectivity index (χ0) is 31.4. The second-order valence-corrected chi connectivity index (χ2v) is 13.3. The molecule has 14 heteroatoms. The maximum atomic E-state index is 13.9. The maximum Gasteiger partial charge on any atom is 0.289 e. The number of β-amino-alcohol motifs (C(OH)–C–C–N with tert-alkyl or cyclic N) is 1. The number of hydrogen-bond acceptors (Lipinski definition) is 10. The third kappa shape index (κ3) is 7.00. The average Bonchev–Trinajstić information content (AvgIpc) is 3.01. The fraction of sp³-hybridized carbons (Fsp3) is 0.467. The van der Waals surface area contributed by atoms with Crippen molar-refractivity contribution in [3.05, 3.63) is 64.2 Å². The Bertz CT molecular complexity index is 1620. The van der Waals surface area contributed by atoms with Gasteiger partial charge in [-0.1, -0.05) is 12.1 Å². The normalized spacial score (nSPS) is 17.3. The van der Waals surface area contributed by atoms with Crippen LogP contribution in [0.25, 0.3) is 10.9 Å². The fourth-order valence-electron chi connectivity index (χ4n) is 5.95. The lowest BCUT2D eigenvalue weighted by atomic mass is 10.1. The van der Waals surface area contributed by atoms with Crippen molar-refractivity contribution in [1.82, 2.24) is 19.1 Å². The number of piperidine rings is 1. The number of pyridine rings is 1. The number of rotatable bonds is 10. The van der Waals surface area contributed by atoms with Crippen LogP contribution >= 0.6 is 0 Å². The summed E-state index contributed by atoms with van der Waals surface area (Å²) >= 11 is 0. The van der Waals surface area contributed by atoms with E-state index in [1.165, 1.54) is 18.2 Å². The fourth-order valence-corrected chi connectivity index (χ4v) is 7.75. The highest BCUT2D eigenvalue weighted by atomic mass is 32.2. The molecule has 0 unspecified atom stereocenters. The number of aromatic nitrogens is 1. The van der Waals surface area contributed by atoms with Gasteiger partial charge in [0, 0.05) is 55.9 Å². The summed E-state index contributed by atoms with van der Waals surface area (Å²) in [5, 5.41) is 24.6. The molecule has 236 valence electrons. The quantitative estimate of drug-likeness (QED) is 0.254. The Morgan fingerprint density at radius 3 is 2.48 bits per heavy atom. The van der Waals surface area contributed by atoms with Crippen molar-refractivity contribution in [3.63, 3.8) is 0 Å². The van der Waals surface area contributed by atoms with Gasteiger partial charge in [-0.3, -0.25) is 19.8 Å². The van der Waals surface area contributed by atoms with E-state index < -0.39 is 44.0 Å². The number of para-hydroxylation sites is 1. The first kappa shape index (κ1) is 31.7. The van der Waals surface area contributed by atoms with E-state index in [1.54, 1.807) is 6.07 Å². The van der Waals surface area contributed by atoms with Gasteiger partial charge in [-0.15, -0.1) is 0 Å². The van der Waals surface area contributed by atoms with Gasteiger partial charge in [0.25, 0.3) is 15.7 Å². The van der Waals surface area contributed by atoms with E-state index in [0.717, 1.165) is 58.8 Å². The van der Waals surface area contributed by atoms with Crippen LogP contribution in [0.4, 0.5) is 17.2 Å². The first-order chi connectivity index (χ1) is 21.1. The number of carbonyl (C=O) groups excluding carboxylic acids is 1. The molecule has 44 heavy (non-hydrogen) atoms. The van der Waals surface area contributed by atoms with Gasteiger partial charge in [-0.25, -0.2) is 13.4 Å². The van der Waals surface area contributed by atoms with Crippen LogP contribution in [0, 0.1) is 17.0 Å². The highest BCUT2D eigenvalue weighted by Gasteiger charge is 2.38. The van der Waals surface area contributed by atoms with Gasteiger partial charge >= 0.3 is 0 Å². The molecule has 0 aliphatic carbocycles. The van der Waals surface area contributed by atoms with Gasteiger partial charge in [0.05, 0.1) is 23.6 Å². The molecule has 2 fully saturated rings. The lowest BCUT2D eigenvalue weighted by Gasteiger charge is -2.36. The number of nitro benzene ring substituents is 1. The number of nitrogens with zero attached hydrogens (tertiary/aromatic N) is 6. The third-order valence-corrected chi connectivity index (χ3v) is 10.4. The number of hydrogen-bond donors (Lipinski definition) is 2. The number of fused-ring (bicyclic) bond motifs is 1. The molecule has 13 nitrogen and oxygen atoms in total. The first-order valence-corrected chi connectivity index (χ1v) is 16.2. The topological polar surface area (TPSA) is 152 Å². The number of benzene rings is 2. The Labute approximate surface area is 257 Å². The zero-order valence-corrected chi connectivity index (χ0v) is 25.9. The van der Waals surface area contributed by atoms with Crippen molar-refractivity contribution >= 4 is 44.0 Å². The van der Waals surface area contributed by atoms with E-state index in [1.807, 2.05) is 32.2 Å². The van der Waals surface area contributed by atoms with E-state index in [-0.39, 0.29) is 6.61 Å². The van der Waals surface area contributed by atoms with E-state index in [4.69, 9.17) is 4.98 Å². The minimum atomic E-state index is -4.36. The molecule has 2 saturated heterocycles. The number of sulfonamides is 1. The predicted molar refractivity (Wildman–Crippen MR) is 168 cm³/mol. The largest absolute Gasteiger partial charge is 0.395 e. The monoisotopic (exact) mass is 625 g/mol. The number of nitro groups is 1. The Balaban J connectivity index is 1.35. The van der Waals surface area contributed by atoms with Crippen molar-refractivity contribution in [2.45, 2.75) is 30.7 Å². The zero-order valence-electron chi connectivity index (χ0n) is 25.1. The van der Waals surface area contributed by atoms with E-state index in [2.05, 4.69) is 20.0 Å². The highest BCUT2D eigenvalue weighted by molar-refractivity contribution is 7.89. The number of likely N-dealkylation sites (tertiary alicyclic amines) is 1. The molecule has 0 spiro atoms. The number of carbonyl (C=O) groups is 1. The van der Waals surface area contributed by atoms with Crippen LogP contribution in [-0.2, 0) is 14.8 Å². The van der Waals surface area contributed by atoms with Gasteiger partial charge in [-0.05, 0) is 75.8 Å².